The van der Waals surface area contributed by atoms with Gasteiger partial charge in [0.25, 0.3) is 0 Å². The maximum Gasteiger partial charge on any atom is 0.228 e. The summed E-state index contributed by atoms with van der Waals surface area (Å²) >= 11 is 0. The van der Waals surface area contributed by atoms with Crippen LogP contribution in [0.3, 0.4) is 0 Å². The Balaban J connectivity index is 1.23. The van der Waals surface area contributed by atoms with Crippen LogP contribution < -0.4 is 9.64 Å². The monoisotopic (exact) mass is 628 g/mol. The largest absolute Gasteiger partial charge is 0.477 e. The predicted octanol–water partition coefficient (Wildman–Crippen LogP) is 6.12. The number of aromatic nitrogens is 2. The molecule has 1 aromatic heterocycles. The Morgan fingerprint density at radius 1 is 0.800 bits per heavy atom. The van der Waals surface area contributed by atoms with E-state index in [9.17, 15) is 0 Å². The van der Waals surface area contributed by atoms with E-state index in [1.807, 2.05) is 12.3 Å². The van der Waals surface area contributed by atoms with Gasteiger partial charge in [-0.1, -0.05) is 41.5 Å². The molecule has 8 heteroatoms. The third-order valence-corrected chi connectivity index (χ3v) is 10.9. The van der Waals surface area contributed by atoms with Crippen LogP contribution in [0.15, 0.2) is 12.3 Å². The molecule has 3 atom stereocenters. The van der Waals surface area contributed by atoms with Crippen LogP contribution in [0.1, 0.15) is 102 Å². The zero-order chi connectivity index (χ0) is 33.2. The van der Waals surface area contributed by atoms with Gasteiger partial charge in [-0.2, -0.15) is 4.98 Å². The van der Waals surface area contributed by atoms with Crippen LogP contribution in [0.4, 0.5) is 5.95 Å². The van der Waals surface area contributed by atoms with Crippen molar-refractivity contribution in [3.8, 4) is 5.88 Å². The first-order valence-electron chi connectivity index (χ1n) is 18.0. The van der Waals surface area contributed by atoms with Gasteiger partial charge in [-0.25, -0.2) is 4.98 Å². The summed E-state index contributed by atoms with van der Waals surface area (Å²) in [5.74, 6) is 2.19. The van der Waals surface area contributed by atoms with Gasteiger partial charge in [-0.3, -0.25) is 19.6 Å². The minimum absolute atomic E-state index is 0.104. The minimum Gasteiger partial charge on any atom is -0.477 e. The van der Waals surface area contributed by atoms with E-state index < -0.39 is 0 Å². The summed E-state index contributed by atoms with van der Waals surface area (Å²) in [4.78, 5) is 22.6. The number of likely N-dealkylation sites (tertiary alicyclic amines) is 1. The van der Waals surface area contributed by atoms with Gasteiger partial charge in [0.15, 0.2) is 0 Å². The highest BCUT2D eigenvalue weighted by Gasteiger charge is 2.39. The normalized spacial score (nSPS) is 26.0. The predicted molar refractivity (Wildman–Crippen MR) is 189 cm³/mol. The first kappa shape index (κ1) is 36.4. The van der Waals surface area contributed by atoms with E-state index in [0.29, 0.717) is 23.9 Å². The number of ether oxygens (including phenoxy) is 1. The van der Waals surface area contributed by atoms with Crippen LogP contribution in [-0.2, 0) is 0 Å². The van der Waals surface area contributed by atoms with Gasteiger partial charge in [0.1, 0.15) is 0 Å². The Hall–Kier alpha value is -1.48. The van der Waals surface area contributed by atoms with E-state index in [2.05, 4.69) is 113 Å². The minimum atomic E-state index is 0.104. The summed E-state index contributed by atoms with van der Waals surface area (Å²) in [5, 5.41) is 0. The lowest BCUT2D eigenvalue weighted by atomic mass is 9.80. The lowest BCUT2D eigenvalue weighted by Gasteiger charge is -2.51. The Kier molecular flexibility index (Phi) is 11.6. The number of hydrogen-bond acceptors (Lipinski definition) is 8. The fraction of sp³-hybridized carbons (Fsp3) is 0.892. The molecule has 4 heterocycles. The molecule has 3 aliphatic rings. The average Bonchev–Trinajstić information content (AvgIpc) is 2.96. The molecule has 4 rings (SSSR count). The summed E-state index contributed by atoms with van der Waals surface area (Å²) in [6.07, 6.45) is 5.59. The fourth-order valence-corrected chi connectivity index (χ4v) is 7.65. The Labute approximate surface area is 277 Å². The van der Waals surface area contributed by atoms with Crippen molar-refractivity contribution in [3.05, 3.63) is 12.3 Å². The van der Waals surface area contributed by atoms with Gasteiger partial charge in [-0.05, 0) is 77.6 Å². The van der Waals surface area contributed by atoms with Gasteiger partial charge in [-0.15, -0.1) is 0 Å². The molecular weight excluding hydrogens is 558 g/mol. The van der Waals surface area contributed by atoms with Gasteiger partial charge in [0.05, 0.1) is 6.61 Å². The molecule has 1 unspecified atom stereocenters. The summed E-state index contributed by atoms with van der Waals surface area (Å²) in [6, 6.07) is 3.24. The van der Waals surface area contributed by atoms with E-state index in [0.717, 1.165) is 44.1 Å². The van der Waals surface area contributed by atoms with E-state index in [1.165, 1.54) is 58.5 Å². The first-order chi connectivity index (χ1) is 20.8. The highest BCUT2D eigenvalue weighted by molar-refractivity contribution is 5.33. The van der Waals surface area contributed by atoms with Crippen molar-refractivity contribution in [2.24, 2.45) is 16.7 Å². The highest BCUT2D eigenvalue weighted by atomic mass is 16.5. The highest BCUT2D eigenvalue weighted by Crippen LogP contribution is 2.35. The Morgan fingerprint density at radius 2 is 1.42 bits per heavy atom. The zero-order valence-corrected chi connectivity index (χ0v) is 31.3. The second-order valence-corrected chi connectivity index (χ2v) is 18.2. The van der Waals surface area contributed by atoms with E-state index in [-0.39, 0.29) is 16.5 Å². The molecule has 3 saturated heterocycles. The van der Waals surface area contributed by atoms with Crippen molar-refractivity contribution in [1.29, 1.82) is 0 Å². The molecule has 0 aliphatic carbocycles. The van der Waals surface area contributed by atoms with Crippen LogP contribution in [0.5, 0.6) is 5.88 Å². The zero-order valence-electron chi connectivity index (χ0n) is 31.3. The molecule has 8 nitrogen and oxygen atoms in total. The molecule has 3 aliphatic heterocycles. The number of hydrogen-bond donors (Lipinski definition) is 0. The molecular formula is C37H69N7O. The molecule has 0 amide bonds. The average molecular weight is 628 g/mol. The summed E-state index contributed by atoms with van der Waals surface area (Å²) in [5.41, 5.74) is 0.848. The number of nitrogens with zero attached hydrogens (tertiary/aromatic N) is 7. The summed E-state index contributed by atoms with van der Waals surface area (Å²) < 4.78 is 5.96. The number of rotatable bonds is 10. The molecule has 0 N–H and O–H groups in total. The molecule has 1 aromatic rings. The fourth-order valence-electron chi connectivity index (χ4n) is 7.65. The number of piperazine rings is 2. The second kappa shape index (κ2) is 14.3. The smallest absolute Gasteiger partial charge is 0.228 e. The van der Waals surface area contributed by atoms with Crippen molar-refractivity contribution in [3.63, 3.8) is 0 Å². The van der Waals surface area contributed by atoms with Crippen molar-refractivity contribution in [1.82, 2.24) is 29.6 Å². The standard InChI is InChI=1S/C37H69N7O/c1-29-26-42(30(2)25-31(29)40-17-21-43(22-18-40)35(6,7)8)27-36(9,10)14-15-37(11,12)44-23-19-41(20-24-44)33-38-16-13-32(39-33)45-28-34(3,4)5/h13,16,29-31H,14-15,17-28H2,1-12H3/t29-,30+,31?/m0/s1. The Bertz CT molecular complexity index is 1060. The molecule has 0 radical (unpaired) electrons. The summed E-state index contributed by atoms with van der Waals surface area (Å²) in [7, 11) is 0. The molecule has 258 valence electrons. The van der Waals surface area contributed by atoms with E-state index >= 15 is 0 Å². The SMILES string of the molecule is C[C@@H]1CC(N2CCN(C(C)(C)C)CC2)[C@@H](C)CN1CC(C)(C)CCC(C)(C)N1CCN(c2nccc(OCC(C)(C)C)n2)CC1. The molecule has 0 spiro atoms. The quantitative estimate of drug-likeness (QED) is 0.308. The number of piperidine rings is 1. The maximum absolute atomic E-state index is 5.96. The lowest BCUT2D eigenvalue weighted by Crippen LogP contribution is -2.60. The topological polar surface area (TPSA) is 51.2 Å². The maximum atomic E-state index is 5.96. The second-order valence-electron chi connectivity index (χ2n) is 18.2. The third kappa shape index (κ3) is 10.3. The van der Waals surface area contributed by atoms with Crippen LogP contribution in [0, 0.1) is 16.7 Å². The molecule has 3 fully saturated rings. The van der Waals surface area contributed by atoms with Crippen molar-refractivity contribution >= 4 is 5.95 Å². The van der Waals surface area contributed by atoms with Crippen molar-refractivity contribution in [2.75, 3.05) is 77.0 Å². The lowest BCUT2D eigenvalue weighted by molar-refractivity contribution is -0.0206. The van der Waals surface area contributed by atoms with Gasteiger partial charge >= 0.3 is 0 Å². The molecule has 0 aromatic carbocycles. The van der Waals surface area contributed by atoms with Crippen LogP contribution in [-0.4, -0.2) is 125 Å². The van der Waals surface area contributed by atoms with Crippen LogP contribution >= 0.6 is 0 Å². The van der Waals surface area contributed by atoms with Gasteiger partial charge < -0.3 is 9.64 Å². The first-order valence-corrected chi connectivity index (χ1v) is 18.0. The van der Waals surface area contributed by atoms with E-state index in [1.54, 1.807) is 0 Å². The van der Waals surface area contributed by atoms with Crippen LogP contribution in [0.25, 0.3) is 0 Å². The third-order valence-electron chi connectivity index (χ3n) is 10.9. The van der Waals surface area contributed by atoms with E-state index in [4.69, 9.17) is 9.72 Å². The summed E-state index contributed by atoms with van der Waals surface area (Å²) in [6.45, 7) is 40.4. The van der Waals surface area contributed by atoms with Gasteiger partial charge in [0, 0.05) is 101 Å². The molecule has 45 heavy (non-hydrogen) atoms. The Morgan fingerprint density at radius 3 is 2.02 bits per heavy atom. The van der Waals surface area contributed by atoms with Crippen molar-refractivity contribution < 1.29 is 4.74 Å². The molecule has 0 saturated carbocycles. The van der Waals surface area contributed by atoms with Gasteiger partial charge in [0.2, 0.25) is 11.8 Å². The van der Waals surface area contributed by atoms with Crippen LogP contribution in [0.2, 0.25) is 0 Å². The number of anilines is 1. The van der Waals surface area contributed by atoms with Crippen molar-refractivity contribution in [2.45, 2.75) is 126 Å². The molecule has 0 bridgehead atoms.